The van der Waals surface area contributed by atoms with Crippen LogP contribution in [-0.2, 0) is 17.1 Å². The second-order valence-electron chi connectivity index (χ2n) is 1.96. The molecule has 2 N–H and O–H groups in total. The topological polar surface area (TPSA) is 42.2 Å². The Hall–Kier alpha value is 0.439. The molecular weight excluding hydrogens is 133 g/mol. The molecule has 0 amide bonds. The van der Waals surface area contributed by atoms with Gasteiger partial charge in [0.25, 0.3) is 0 Å². The van der Waals surface area contributed by atoms with Crippen LogP contribution in [0.3, 0.4) is 0 Å². The van der Waals surface area contributed by atoms with Gasteiger partial charge in [-0.2, -0.15) is 6.42 Å². The Bertz CT molecular complexity index is 93.7. The molecule has 0 aromatic rings. The maximum absolute atomic E-state index is 8.84. The van der Waals surface area contributed by atoms with E-state index in [0.29, 0.717) is 0 Å². The largest absolute Gasteiger partial charge is 0.462 e. The van der Waals surface area contributed by atoms with Crippen molar-refractivity contribution in [2.75, 3.05) is 0 Å². The van der Waals surface area contributed by atoms with Gasteiger partial charge in [0, 0.05) is 17.1 Å². The van der Waals surface area contributed by atoms with E-state index in [1.54, 1.807) is 0 Å². The summed E-state index contributed by atoms with van der Waals surface area (Å²) in [5, 5.41) is 11.7. The summed E-state index contributed by atoms with van der Waals surface area (Å²) in [5.41, 5.74) is -0.444. The van der Waals surface area contributed by atoms with Gasteiger partial charge < -0.3 is 10.4 Å². The predicted octanol–water partition coefficient (Wildman–Crippen LogP) is -0.399. The van der Waals surface area contributed by atoms with Crippen LogP contribution in [-0.4, -0.2) is 10.8 Å². The Morgan fingerprint density at radius 1 is 1.71 bits per heavy atom. The predicted molar refractivity (Wildman–Crippen MR) is 20.6 cm³/mol. The molecule has 0 bridgehead atoms. The van der Waals surface area contributed by atoms with Crippen LogP contribution in [0.4, 0.5) is 0 Å². The third-order valence-corrected chi connectivity index (χ3v) is 1.53. The molecule has 1 radical (unpaired) electrons. The molecule has 2 nitrogen and oxygen atoms in total. The van der Waals surface area contributed by atoms with Gasteiger partial charge in [0.2, 0.25) is 0 Å². The van der Waals surface area contributed by atoms with E-state index in [1.807, 2.05) is 0 Å². The molecule has 0 aromatic carbocycles. The summed E-state index contributed by atoms with van der Waals surface area (Å²) >= 11 is 0. The molecular formula is C4H6MnNO-. The third-order valence-electron chi connectivity index (χ3n) is 1.53. The number of fused-ring (bicyclic) bond motifs is 1. The van der Waals surface area contributed by atoms with Crippen molar-refractivity contribution in [3.8, 4) is 0 Å². The molecule has 1 atom stereocenters. The van der Waals surface area contributed by atoms with Gasteiger partial charge in [-0.25, -0.2) is 6.04 Å². The smallest absolute Gasteiger partial charge is 0 e. The van der Waals surface area contributed by atoms with E-state index in [-0.39, 0.29) is 17.1 Å². The van der Waals surface area contributed by atoms with E-state index < -0.39 is 5.72 Å². The number of rotatable bonds is 0. The van der Waals surface area contributed by atoms with Crippen molar-refractivity contribution in [3.63, 3.8) is 0 Å². The van der Waals surface area contributed by atoms with Gasteiger partial charge in [-0.15, -0.1) is 0 Å². The molecule has 41 valence electrons. The summed E-state index contributed by atoms with van der Waals surface area (Å²) < 4.78 is 0. The van der Waals surface area contributed by atoms with Crippen molar-refractivity contribution < 1.29 is 22.2 Å². The van der Waals surface area contributed by atoms with Crippen LogP contribution in [0.25, 0.3) is 0 Å². The van der Waals surface area contributed by atoms with Crippen LogP contribution in [0, 0.1) is 6.04 Å². The van der Waals surface area contributed by atoms with Crippen LogP contribution in [0.15, 0.2) is 0 Å². The van der Waals surface area contributed by atoms with Gasteiger partial charge in [-0.3, -0.25) is 0 Å². The first-order valence-electron chi connectivity index (χ1n) is 2.18. The average Bonchev–Trinajstić information content (AvgIpc) is 1.88. The Balaban J connectivity index is 0.000000245. The van der Waals surface area contributed by atoms with E-state index in [4.69, 9.17) is 5.11 Å². The Morgan fingerprint density at radius 2 is 2.29 bits per heavy atom. The molecule has 3 heteroatoms. The zero-order chi connectivity index (χ0) is 4.20. The van der Waals surface area contributed by atoms with Crippen LogP contribution in [0.5, 0.6) is 0 Å². The molecule has 2 rings (SSSR count). The van der Waals surface area contributed by atoms with Crippen molar-refractivity contribution in [3.05, 3.63) is 6.04 Å². The maximum Gasteiger partial charge on any atom is 0 e. The summed E-state index contributed by atoms with van der Waals surface area (Å²) in [5.74, 6) is 0. The maximum atomic E-state index is 8.84. The fourth-order valence-corrected chi connectivity index (χ4v) is 0.830. The fourth-order valence-electron chi connectivity index (χ4n) is 0.830. The summed E-state index contributed by atoms with van der Waals surface area (Å²) in [6, 6.07) is 1.14. The van der Waals surface area contributed by atoms with E-state index in [0.717, 1.165) is 18.9 Å². The first-order chi connectivity index (χ1) is 2.81. The van der Waals surface area contributed by atoms with E-state index in [1.165, 1.54) is 0 Å². The van der Waals surface area contributed by atoms with Crippen LogP contribution < -0.4 is 5.32 Å². The Morgan fingerprint density at radius 3 is 2.29 bits per heavy atom. The second-order valence-corrected chi connectivity index (χ2v) is 1.96. The number of hydrogen-bond acceptors (Lipinski definition) is 2. The Kier molecular flexibility index (Phi) is 0.980. The quantitative estimate of drug-likeness (QED) is 0.272. The van der Waals surface area contributed by atoms with Crippen molar-refractivity contribution >= 4 is 0 Å². The minimum Gasteiger partial charge on any atom is -0.462 e. The molecule has 0 aromatic heterocycles. The molecule has 1 saturated carbocycles. The van der Waals surface area contributed by atoms with Crippen molar-refractivity contribution in [2.45, 2.75) is 18.6 Å². The summed E-state index contributed by atoms with van der Waals surface area (Å²) in [6.45, 7) is 0. The van der Waals surface area contributed by atoms with Gasteiger partial charge in [-0.1, -0.05) is 6.42 Å². The van der Waals surface area contributed by atoms with Crippen LogP contribution in [0.1, 0.15) is 12.8 Å². The van der Waals surface area contributed by atoms with Gasteiger partial charge in [0.15, 0.2) is 0 Å². The van der Waals surface area contributed by atoms with Gasteiger partial charge in [-0.05, 0) is 5.72 Å². The zero-order valence-electron chi connectivity index (χ0n) is 3.74. The molecule has 2 fully saturated rings. The summed E-state index contributed by atoms with van der Waals surface area (Å²) in [6.07, 6.45) is 2.03. The SMILES string of the molecule is OC12CC[C-]1N2.[Mn]. The van der Waals surface area contributed by atoms with Crippen molar-refractivity contribution in [1.29, 1.82) is 0 Å². The number of aliphatic hydroxyl groups is 1. The number of nitrogens with one attached hydrogen (secondary N) is 1. The average molecular weight is 139 g/mol. The minimum atomic E-state index is -0.444. The molecule has 7 heavy (non-hydrogen) atoms. The zero-order valence-corrected chi connectivity index (χ0v) is 4.92. The monoisotopic (exact) mass is 139 g/mol. The molecule has 1 aliphatic carbocycles. The first-order valence-corrected chi connectivity index (χ1v) is 2.18. The van der Waals surface area contributed by atoms with E-state index in [2.05, 4.69) is 5.32 Å². The van der Waals surface area contributed by atoms with Crippen molar-refractivity contribution in [2.24, 2.45) is 0 Å². The molecule has 0 spiro atoms. The van der Waals surface area contributed by atoms with Crippen LogP contribution in [0.2, 0.25) is 0 Å². The molecule has 1 saturated heterocycles. The summed E-state index contributed by atoms with van der Waals surface area (Å²) in [7, 11) is 0. The van der Waals surface area contributed by atoms with Gasteiger partial charge >= 0.3 is 0 Å². The molecule has 1 unspecified atom stereocenters. The molecule has 1 heterocycles. The number of hydrogen-bond donors (Lipinski definition) is 2. The first kappa shape index (κ1) is 5.57. The fraction of sp³-hybridized carbons (Fsp3) is 0.750. The molecule has 2 aliphatic rings. The van der Waals surface area contributed by atoms with Crippen LogP contribution >= 0.6 is 0 Å². The Labute approximate surface area is 52.8 Å². The molecule has 1 aliphatic heterocycles. The standard InChI is InChI=1S/C4H6NO.Mn/c6-4-2-1-3(4)5-4;/h5-6H,1-2H2;/q-1;. The van der Waals surface area contributed by atoms with E-state index >= 15 is 0 Å². The van der Waals surface area contributed by atoms with Gasteiger partial charge in [0.05, 0.1) is 0 Å². The minimum absolute atomic E-state index is 0. The second kappa shape index (κ2) is 1.23. The van der Waals surface area contributed by atoms with Gasteiger partial charge in [0.1, 0.15) is 0 Å². The van der Waals surface area contributed by atoms with Crippen molar-refractivity contribution in [1.82, 2.24) is 5.32 Å². The normalized spacial score (nSPS) is 45.9. The summed E-state index contributed by atoms with van der Waals surface area (Å²) in [4.78, 5) is 0. The van der Waals surface area contributed by atoms with E-state index in [9.17, 15) is 0 Å². The third kappa shape index (κ3) is 0.532.